The predicted molar refractivity (Wildman–Crippen MR) is 121 cm³/mol. The van der Waals surface area contributed by atoms with Gasteiger partial charge in [-0.1, -0.05) is 54.6 Å². The Kier molecular flexibility index (Phi) is 7.55. The van der Waals surface area contributed by atoms with Crippen molar-refractivity contribution in [1.29, 1.82) is 0 Å². The molecule has 2 atom stereocenters. The van der Waals surface area contributed by atoms with Crippen molar-refractivity contribution in [2.75, 3.05) is 0 Å². The van der Waals surface area contributed by atoms with Gasteiger partial charge in [0.15, 0.2) is 6.04 Å². The number of hydrogen-bond acceptors (Lipinski definition) is 6. The number of hydrazone groups is 1. The molecule has 2 unspecified atom stereocenters. The lowest BCUT2D eigenvalue weighted by molar-refractivity contribution is -0.178. The third-order valence-electron chi connectivity index (χ3n) is 5.57. The highest BCUT2D eigenvalue weighted by atomic mass is 16.4. The molecular weight excluding hydrogens is 424 g/mol. The summed E-state index contributed by atoms with van der Waals surface area (Å²) in [5.74, 6) is 1.34. The lowest BCUT2D eigenvalue weighted by Gasteiger charge is -2.34. The van der Waals surface area contributed by atoms with Gasteiger partial charge >= 0.3 is 5.97 Å². The Morgan fingerprint density at radius 3 is 2.39 bits per heavy atom. The average molecular weight is 450 g/mol. The molecular formula is C24H26N4O5. The fourth-order valence-electron chi connectivity index (χ4n) is 3.97. The molecule has 1 saturated heterocycles. The van der Waals surface area contributed by atoms with Crippen LogP contribution < -0.4 is 5.84 Å². The van der Waals surface area contributed by atoms with Crippen molar-refractivity contribution in [2.45, 2.75) is 38.6 Å². The van der Waals surface area contributed by atoms with Gasteiger partial charge < -0.3 is 10.9 Å². The fraction of sp³-hybridized carbons (Fsp3) is 0.292. The standard InChI is InChI=1S/C24H26N4O5/c1-16(29)27(21(24(32)33)12-11-17-5-3-2-4-6-17)28-22(30)14-20(23(28)31)13-18-7-9-19(10-8-18)15-26-25/h2-10,15,20-21H,11-14,25H2,1H3,(H,32,33). The van der Waals surface area contributed by atoms with Crippen molar-refractivity contribution < 1.29 is 24.3 Å². The van der Waals surface area contributed by atoms with Crippen molar-refractivity contribution in [3.63, 3.8) is 0 Å². The molecule has 2 aromatic carbocycles. The zero-order chi connectivity index (χ0) is 24.0. The topological polar surface area (TPSA) is 133 Å². The number of carbonyl (C=O) groups excluding carboxylic acids is 3. The Hall–Kier alpha value is -4.01. The minimum Gasteiger partial charge on any atom is -0.480 e. The molecule has 9 heteroatoms. The van der Waals surface area contributed by atoms with E-state index in [1.165, 1.54) is 6.21 Å². The predicted octanol–water partition coefficient (Wildman–Crippen LogP) is 1.75. The number of hydrazine groups is 1. The molecule has 9 nitrogen and oxygen atoms in total. The number of nitrogens with two attached hydrogens (primary N) is 1. The van der Waals surface area contributed by atoms with Gasteiger partial charge in [-0.3, -0.25) is 14.4 Å². The van der Waals surface area contributed by atoms with Crippen molar-refractivity contribution in [3.05, 3.63) is 71.3 Å². The van der Waals surface area contributed by atoms with Gasteiger partial charge in [-0.05, 0) is 36.0 Å². The normalized spacial score (nSPS) is 16.9. The van der Waals surface area contributed by atoms with Crippen molar-refractivity contribution in [1.82, 2.24) is 10.0 Å². The van der Waals surface area contributed by atoms with E-state index < -0.39 is 35.7 Å². The third kappa shape index (κ3) is 5.62. The maximum absolute atomic E-state index is 13.1. The first-order valence-corrected chi connectivity index (χ1v) is 10.6. The van der Waals surface area contributed by atoms with E-state index in [9.17, 15) is 24.3 Å². The Bertz CT molecular complexity index is 1050. The molecule has 0 bridgehead atoms. The van der Waals surface area contributed by atoms with Crippen LogP contribution in [-0.2, 0) is 32.0 Å². The van der Waals surface area contributed by atoms with Crippen LogP contribution in [0.1, 0.15) is 36.5 Å². The summed E-state index contributed by atoms with van der Waals surface area (Å²) in [7, 11) is 0. The molecule has 0 radical (unpaired) electrons. The van der Waals surface area contributed by atoms with Crippen LogP contribution in [0.3, 0.4) is 0 Å². The first-order chi connectivity index (χ1) is 15.8. The van der Waals surface area contributed by atoms with Crippen molar-refractivity contribution >= 4 is 29.9 Å². The van der Waals surface area contributed by atoms with Gasteiger partial charge in [0, 0.05) is 13.3 Å². The average Bonchev–Trinajstić information content (AvgIpc) is 3.05. The van der Waals surface area contributed by atoms with Gasteiger partial charge in [-0.2, -0.15) is 10.1 Å². The largest absolute Gasteiger partial charge is 0.480 e. The van der Waals surface area contributed by atoms with Gasteiger partial charge in [0.25, 0.3) is 5.91 Å². The summed E-state index contributed by atoms with van der Waals surface area (Å²) in [6, 6.07) is 15.1. The van der Waals surface area contributed by atoms with Crippen LogP contribution in [0.5, 0.6) is 0 Å². The molecule has 1 aliphatic rings. The van der Waals surface area contributed by atoms with Crippen LogP contribution in [0.25, 0.3) is 0 Å². The van der Waals surface area contributed by atoms with Crippen LogP contribution in [0.2, 0.25) is 0 Å². The van der Waals surface area contributed by atoms with Crippen LogP contribution >= 0.6 is 0 Å². The Morgan fingerprint density at radius 2 is 1.82 bits per heavy atom. The van der Waals surface area contributed by atoms with E-state index in [0.29, 0.717) is 6.42 Å². The van der Waals surface area contributed by atoms with Gasteiger partial charge in [-0.25, -0.2) is 9.80 Å². The minimum absolute atomic E-state index is 0.0603. The molecule has 1 aliphatic heterocycles. The summed E-state index contributed by atoms with van der Waals surface area (Å²) >= 11 is 0. The van der Waals surface area contributed by atoms with E-state index in [0.717, 1.165) is 33.6 Å². The smallest absolute Gasteiger partial charge is 0.328 e. The second-order valence-corrected chi connectivity index (χ2v) is 7.91. The minimum atomic E-state index is -1.34. The number of carboxylic acid groups (broad SMARTS) is 1. The number of imide groups is 1. The maximum Gasteiger partial charge on any atom is 0.328 e. The summed E-state index contributed by atoms with van der Waals surface area (Å²) in [6.07, 6.45) is 2.11. The molecule has 1 fully saturated rings. The molecule has 33 heavy (non-hydrogen) atoms. The van der Waals surface area contributed by atoms with Gasteiger partial charge in [0.05, 0.1) is 12.1 Å². The molecule has 0 aromatic heterocycles. The summed E-state index contributed by atoms with van der Waals surface area (Å²) in [5.41, 5.74) is 2.51. The number of amides is 3. The van der Waals surface area contributed by atoms with E-state index in [4.69, 9.17) is 5.84 Å². The number of nitrogens with zero attached hydrogens (tertiary/aromatic N) is 3. The zero-order valence-electron chi connectivity index (χ0n) is 18.3. The number of rotatable bonds is 9. The number of aliphatic carboxylic acids is 1. The van der Waals surface area contributed by atoms with Gasteiger partial charge in [-0.15, -0.1) is 0 Å². The number of benzene rings is 2. The molecule has 172 valence electrons. The molecule has 3 rings (SSSR count). The molecule has 1 heterocycles. The Labute approximate surface area is 191 Å². The van der Waals surface area contributed by atoms with E-state index in [1.54, 1.807) is 24.3 Å². The molecule has 0 saturated carbocycles. The lowest BCUT2D eigenvalue weighted by atomic mass is 9.97. The monoisotopic (exact) mass is 450 g/mol. The van der Waals surface area contributed by atoms with E-state index in [-0.39, 0.29) is 19.3 Å². The van der Waals surface area contributed by atoms with E-state index in [2.05, 4.69) is 5.10 Å². The molecule has 0 spiro atoms. The quantitative estimate of drug-likeness (QED) is 0.259. The van der Waals surface area contributed by atoms with E-state index in [1.807, 2.05) is 30.3 Å². The number of carboxylic acids is 1. The van der Waals surface area contributed by atoms with Crippen molar-refractivity contribution in [3.8, 4) is 0 Å². The Morgan fingerprint density at radius 1 is 1.15 bits per heavy atom. The highest BCUT2D eigenvalue weighted by molar-refractivity contribution is 6.05. The number of hydrogen-bond donors (Lipinski definition) is 2. The van der Waals surface area contributed by atoms with Crippen LogP contribution in [0.15, 0.2) is 59.7 Å². The van der Waals surface area contributed by atoms with Crippen LogP contribution in [0.4, 0.5) is 0 Å². The van der Waals surface area contributed by atoms with E-state index >= 15 is 0 Å². The second kappa shape index (κ2) is 10.5. The number of carbonyl (C=O) groups is 4. The first kappa shape index (κ1) is 23.6. The maximum atomic E-state index is 13.1. The highest BCUT2D eigenvalue weighted by Crippen LogP contribution is 2.27. The summed E-state index contributed by atoms with van der Waals surface area (Å²) in [5, 5.41) is 14.8. The fourth-order valence-corrected chi connectivity index (χ4v) is 3.97. The summed E-state index contributed by atoms with van der Waals surface area (Å²) in [4.78, 5) is 50.3. The SMILES string of the molecule is CC(=O)N(C(CCc1ccccc1)C(=O)O)N1C(=O)CC(Cc2ccc(C=NN)cc2)C1=O. The summed E-state index contributed by atoms with van der Waals surface area (Å²) < 4.78 is 0. The third-order valence-corrected chi connectivity index (χ3v) is 5.57. The zero-order valence-corrected chi connectivity index (χ0v) is 18.3. The highest BCUT2D eigenvalue weighted by Gasteiger charge is 2.46. The Balaban J connectivity index is 1.78. The van der Waals surface area contributed by atoms with Gasteiger partial charge in [0.1, 0.15) is 0 Å². The second-order valence-electron chi connectivity index (χ2n) is 7.91. The molecule has 3 amide bonds. The summed E-state index contributed by atoms with van der Waals surface area (Å²) in [6.45, 7) is 1.16. The molecule has 0 aliphatic carbocycles. The van der Waals surface area contributed by atoms with Gasteiger partial charge in [0.2, 0.25) is 11.8 Å². The van der Waals surface area contributed by atoms with Crippen LogP contribution in [0, 0.1) is 5.92 Å². The van der Waals surface area contributed by atoms with Crippen molar-refractivity contribution in [2.24, 2.45) is 16.9 Å². The number of aryl methyl sites for hydroxylation is 1. The first-order valence-electron chi connectivity index (χ1n) is 10.6. The van der Waals surface area contributed by atoms with Crippen LogP contribution in [-0.4, -0.2) is 51.1 Å². The lowest BCUT2D eigenvalue weighted by Crippen LogP contribution is -2.56. The molecule has 2 aromatic rings. The molecule has 3 N–H and O–H groups in total.